The van der Waals surface area contributed by atoms with Gasteiger partial charge in [-0.05, 0) is 22.9 Å². The first-order valence-electron chi connectivity index (χ1n) is 5.70. The predicted molar refractivity (Wildman–Crippen MR) is 78.8 cm³/mol. The highest BCUT2D eigenvalue weighted by atomic mass is 79.9. The molecule has 2 aromatic carbocycles. The summed E-state index contributed by atoms with van der Waals surface area (Å²) in [4.78, 5) is 0. The molecule has 4 heteroatoms. The Labute approximate surface area is 121 Å². The lowest BCUT2D eigenvalue weighted by molar-refractivity contribution is 0.183. The lowest BCUT2D eigenvalue weighted by Gasteiger charge is -2.23. The van der Waals surface area contributed by atoms with Crippen LogP contribution in [0, 0.1) is 0 Å². The zero-order valence-corrected chi connectivity index (χ0v) is 12.2. The zero-order chi connectivity index (χ0) is 12.8. The predicted octanol–water partition coefficient (Wildman–Crippen LogP) is 4.37. The largest absolute Gasteiger partial charge is 0.157 e. The van der Waals surface area contributed by atoms with E-state index in [-0.39, 0.29) is 0 Å². The van der Waals surface area contributed by atoms with Gasteiger partial charge in [-0.3, -0.25) is 0 Å². The molecule has 0 heterocycles. The van der Waals surface area contributed by atoms with E-state index in [9.17, 15) is 0 Å². The molecular formula is C14H14BrClN2. The number of nitrogens with zero attached hydrogens (tertiary/aromatic N) is 2. The molecule has 18 heavy (non-hydrogen) atoms. The summed E-state index contributed by atoms with van der Waals surface area (Å²) in [7, 11) is 0. The number of hydrogen-bond acceptors (Lipinski definition) is 2. The molecule has 0 bridgehead atoms. The average Bonchev–Trinajstić information content (AvgIpc) is 2.41. The van der Waals surface area contributed by atoms with E-state index in [2.05, 4.69) is 40.4 Å². The molecule has 0 N–H and O–H groups in total. The van der Waals surface area contributed by atoms with Crippen molar-refractivity contribution in [3.8, 4) is 0 Å². The van der Waals surface area contributed by atoms with Crippen molar-refractivity contribution in [1.82, 2.24) is 8.56 Å². The van der Waals surface area contributed by atoms with Crippen LogP contribution in [0.5, 0.6) is 0 Å². The fourth-order valence-electron chi connectivity index (χ4n) is 1.62. The number of hydrogen-bond donors (Lipinski definition) is 0. The van der Waals surface area contributed by atoms with Crippen LogP contribution in [-0.4, -0.2) is 8.56 Å². The first-order chi connectivity index (χ1) is 8.75. The van der Waals surface area contributed by atoms with Crippen molar-refractivity contribution >= 4 is 27.9 Å². The van der Waals surface area contributed by atoms with Crippen LogP contribution >= 0.6 is 27.9 Å². The minimum Gasteiger partial charge on any atom is -0.157 e. The van der Waals surface area contributed by atoms with Crippen LogP contribution in [0.25, 0.3) is 0 Å². The van der Waals surface area contributed by atoms with E-state index in [1.807, 2.05) is 40.4 Å². The van der Waals surface area contributed by atoms with E-state index in [4.69, 9.17) is 11.8 Å². The molecule has 0 aromatic heterocycles. The van der Waals surface area contributed by atoms with Gasteiger partial charge in [-0.1, -0.05) is 60.7 Å². The summed E-state index contributed by atoms with van der Waals surface area (Å²) in [6.07, 6.45) is 0. The Hall–Kier alpha value is -0.870. The minimum atomic E-state index is 0.653. The lowest BCUT2D eigenvalue weighted by Crippen LogP contribution is -2.26. The molecule has 0 aliphatic carbocycles. The van der Waals surface area contributed by atoms with E-state index in [0.717, 1.165) is 6.54 Å². The Kier molecular flexibility index (Phi) is 5.20. The van der Waals surface area contributed by atoms with Gasteiger partial charge >= 0.3 is 0 Å². The normalized spacial score (nSPS) is 11.1. The maximum absolute atomic E-state index is 6.23. The summed E-state index contributed by atoms with van der Waals surface area (Å²) in [5, 5.41) is 0. The quantitative estimate of drug-likeness (QED) is 0.595. The molecule has 0 spiro atoms. The molecule has 0 unspecified atom stereocenters. The van der Waals surface area contributed by atoms with Crippen LogP contribution in [0.1, 0.15) is 11.1 Å². The summed E-state index contributed by atoms with van der Waals surface area (Å²) >= 11 is 9.69. The molecular weight excluding hydrogens is 312 g/mol. The highest BCUT2D eigenvalue weighted by molar-refractivity contribution is 9.07. The third-order valence-corrected chi connectivity index (χ3v) is 3.67. The van der Waals surface area contributed by atoms with Crippen LogP contribution in [0.15, 0.2) is 60.7 Å². The van der Waals surface area contributed by atoms with Crippen molar-refractivity contribution in [2.24, 2.45) is 0 Å². The van der Waals surface area contributed by atoms with Crippen molar-refractivity contribution in [3.05, 3.63) is 71.8 Å². The van der Waals surface area contributed by atoms with Crippen LogP contribution in [0.4, 0.5) is 0 Å². The summed E-state index contributed by atoms with van der Waals surface area (Å²) in [5.41, 5.74) is 2.37. The maximum atomic E-state index is 6.23. The lowest BCUT2D eigenvalue weighted by atomic mass is 10.2. The van der Waals surface area contributed by atoms with Gasteiger partial charge in [-0.25, -0.2) is 0 Å². The second kappa shape index (κ2) is 6.90. The van der Waals surface area contributed by atoms with Crippen LogP contribution < -0.4 is 0 Å². The van der Waals surface area contributed by atoms with E-state index in [1.165, 1.54) is 11.1 Å². The van der Waals surface area contributed by atoms with Gasteiger partial charge in [0.25, 0.3) is 0 Å². The van der Waals surface area contributed by atoms with Crippen molar-refractivity contribution in [2.75, 3.05) is 0 Å². The molecule has 2 nitrogen and oxygen atoms in total. The van der Waals surface area contributed by atoms with Gasteiger partial charge in [-0.15, -0.1) is 4.53 Å². The van der Waals surface area contributed by atoms with Crippen molar-refractivity contribution in [2.45, 2.75) is 13.1 Å². The fraction of sp³-hybridized carbons (Fsp3) is 0.143. The van der Waals surface area contributed by atoms with Gasteiger partial charge in [0.1, 0.15) is 0 Å². The molecule has 0 atom stereocenters. The average molecular weight is 326 g/mol. The van der Waals surface area contributed by atoms with Crippen LogP contribution in [0.3, 0.4) is 0 Å². The van der Waals surface area contributed by atoms with E-state index >= 15 is 0 Å². The molecule has 0 saturated heterocycles. The molecule has 0 amide bonds. The molecule has 0 saturated carbocycles. The highest BCUT2D eigenvalue weighted by Crippen LogP contribution is 2.17. The molecule has 0 fully saturated rings. The van der Waals surface area contributed by atoms with Crippen LogP contribution in [-0.2, 0) is 13.1 Å². The van der Waals surface area contributed by atoms with Gasteiger partial charge in [0.15, 0.2) is 0 Å². The first-order valence-corrected chi connectivity index (χ1v) is 6.75. The number of halogens is 2. The van der Waals surface area contributed by atoms with Crippen molar-refractivity contribution in [3.63, 3.8) is 0 Å². The van der Waals surface area contributed by atoms with E-state index in [0.29, 0.717) is 6.54 Å². The summed E-state index contributed by atoms with van der Waals surface area (Å²) < 4.78 is 3.44. The summed E-state index contributed by atoms with van der Waals surface area (Å²) in [5.74, 6) is 0. The van der Waals surface area contributed by atoms with Gasteiger partial charge in [0.05, 0.1) is 13.1 Å². The fourth-order valence-corrected chi connectivity index (χ4v) is 2.21. The number of rotatable bonds is 5. The zero-order valence-electron chi connectivity index (χ0n) is 9.84. The standard InChI is InChI=1S/C14H14BrClN2/c15-17(11-13-7-3-1-4-8-13)18(16)12-14-9-5-2-6-10-14/h1-10H,11-12H2. The van der Waals surface area contributed by atoms with Crippen molar-refractivity contribution < 1.29 is 0 Å². The third-order valence-electron chi connectivity index (χ3n) is 2.55. The number of hydrazine groups is 1. The van der Waals surface area contributed by atoms with Gasteiger partial charge in [0.2, 0.25) is 0 Å². The minimum absolute atomic E-state index is 0.653. The van der Waals surface area contributed by atoms with Gasteiger partial charge in [-0.2, -0.15) is 4.03 Å². The van der Waals surface area contributed by atoms with Gasteiger partial charge < -0.3 is 0 Å². The van der Waals surface area contributed by atoms with E-state index < -0.39 is 0 Å². The second-order valence-electron chi connectivity index (χ2n) is 3.96. The Morgan fingerprint density at radius 2 is 1.22 bits per heavy atom. The summed E-state index contributed by atoms with van der Waals surface area (Å²) in [6, 6.07) is 20.3. The van der Waals surface area contributed by atoms with Crippen molar-refractivity contribution in [1.29, 1.82) is 0 Å². The molecule has 94 valence electrons. The maximum Gasteiger partial charge on any atom is 0.0558 e. The van der Waals surface area contributed by atoms with Crippen LogP contribution in [0.2, 0.25) is 0 Å². The number of benzene rings is 2. The highest BCUT2D eigenvalue weighted by Gasteiger charge is 2.11. The molecule has 2 rings (SSSR count). The summed E-state index contributed by atoms with van der Waals surface area (Å²) in [6.45, 7) is 1.37. The molecule has 0 radical (unpaired) electrons. The first kappa shape index (κ1) is 13.6. The molecule has 0 aliphatic rings. The Morgan fingerprint density at radius 3 is 1.72 bits per heavy atom. The Balaban J connectivity index is 1.91. The second-order valence-corrected chi connectivity index (χ2v) is 5.17. The SMILES string of the molecule is ClN(Cc1ccccc1)N(Br)Cc1ccccc1. The Morgan fingerprint density at radius 1 is 0.778 bits per heavy atom. The monoisotopic (exact) mass is 324 g/mol. The van der Waals surface area contributed by atoms with E-state index in [1.54, 1.807) is 4.53 Å². The smallest absolute Gasteiger partial charge is 0.0558 e. The van der Waals surface area contributed by atoms with Gasteiger partial charge in [0, 0.05) is 16.1 Å². The topological polar surface area (TPSA) is 6.48 Å². The molecule has 2 aromatic rings. The Bertz CT molecular complexity index is 418. The third kappa shape index (κ3) is 4.10. The molecule has 0 aliphatic heterocycles.